The molecule has 1 atom stereocenters. The molecule has 5 nitrogen and oxygen atoms in total. The van der Waals surface area contributed by atoms with Crippen LogP contribution in [-0.4, -0.2) is 22.7 Å². The van der Waals surface area contributed by atoms with Crippen LogP contribution >= 0.6 is 0 Å². The lowest BCUT2D eigenvalue weighted by Crippen LogP contribution is -2.22. The fourth-order valence-corrected chi connectivity index (χ4v) is 2.17. The Labute approximate surface area is 100 Å². The van der Waals surface area contributed by atoms with Gasteiger partial charge < -0.3 is 15.5 Å². The van der Waals surface area contributed by atoms with Crippen LogP contribution in [0.4, 0.5) is 5.82 Å². The Morgan fingerprint density at radius 1 is 1.59 bits per heavy atom. The van der Waals surface area contributed by atoms with Gasteiger partial charge in [-0.25, -0.2) is 4.98 Å². The minimum Gasteiger partial charge on any atom is -0.383 e. The van der Waals surface area contributed by atoms with Gasteiger partial charge in [-0.2, -0.15) is 0 Å². The van der Waals surface area contributed by atoms with Crippen LogP contribution in [0.3, 0.4) is 0 Å². The molecule has 1 fully saturated rings. The van der Waals surface area contributed by atoms with Gasteiger partial charge in [0, 0.05) is 13.0 Å². The molecule has 0 amide bonds. The predicted molar refractivity (Wildman–Crippen MR) is 65.9 cm³/mol. The normalized spacial score (nSPS) is 19.7. The molecular formula is C12H19N3O2. The van der Waals surface area contributed by atoms with Crippen molar-refractivity contribution in [3.8, 4) is 0 Å². The number of nitrogens with two attached hydrogens (primary N) is 1. The van der Waals surface area contributed by atoms with Crippen LogP contribution in [0.15, 0.2) is 4.79 Å². The molecule has 1 aromatic rings. The van der Waals surface area contributed by atoms with Gasteiger partial charge in [-0.05, 0) is 19.3 Å². The topological polar surface area (TPSA) is 81.0 Å². The van der Waals surface area contributed by atoms with E-state index in [1.807, 2.05) is 6.92 Å². The zero-order valence-electron chi connectivity index (χ0n) is 10.2. The van der Waals surface area contributed by atoms with Crippen molar-refractivity contribution in [2.45, 2.75) is 45.1 Å². The molecule has 0 aromatic carbocycles. The zero-order chi connectivity index (χ0) is 12.3. The Hall–Kier alpha value is -1.36. The third-order valence-corrected chi connectivity index (χ3v) is 3.04. The highest BCUT2D eigenvalue weighted by atomic mass is 16.5. The number of ether oxygens (including phenoxy) is 1. The van der Waals surface area contributed by atoms with Crippen LogP contribution in [0, 0.1) is 0 Å². The Morgan fingerprint density at radius 2 is 2.41 bits per heavy atom. The summed E-state index contributed by atoms with van der Waals surface area (Å²) in [6.07, 6.45) is 4.49. The third-order valence-electron chi connectivity index (χ3n) is 3.04. The monoisotopic (exact) mass is 237 g/mol. The number of aromatic nitrogens is 2. The highest BCUT2D eigenvalue weighted by Gasteiger charge is 2.18. The van der Waals surface area contributed by atoms with Crippen LogP contribution in [0.2, 0.25) is 0 Å². The number of nitrogens with one attached hydrogen (secondary N) is 1. The van der Waals surface area contributed by atoms with Gasteiger partial charge in [0.25, 0.3) is 5.56 Å². The average Bonchev–Trinajstić information content (AvgIpc) is 2.76. The predicted octanol–water partition coefficient (Wildman–Crippen LogP) is 1.03. The number of nitrogens with zero attached hydrogens (tertiary/aromatic N) is 1. The van der Waals surface area contributed by atoms with Gasteiger partial charge in [0.05, 0.1) is 11.7 Å². The summed E-state index contributed by atoms with van der Waals surface area (Å²) in [7, 11) is 0. The highest BCUT2D eigenvalue weighted by Crippen LogP contribution is 2.15. The van der Waals surface area contributed by atoms with Crippen molar-refractivity contribution in [3.63, 3.8) is 0 Å². The van der Waals surface area contributed by atoms with Gasteiger partial charge >= 0.3 is 0 Å². The molecule has 0 bridgehead atoms. The molecule has 2 rings (SSSR count). The van der Waals surface area contributed by atoms with E-state index in [0.29, 0.717) is 30.0 Å². The number of aromatic amines is 1. The van der Waals surface area contributed by atoms with E-state index in [2.05, 4.69) is 9.97 Å². The third kappa shape index (κ3) is 2.85. The molecule has 3 N–H and O–H groups in total. The molecule has 17 heavy (non-hydrogen) atoms. The minimum absolute atomic E-state index is 0.104. The molecule has 1 aromatic heterocycles. The van der Waals surface area contributed by atoms with Crippen molar-refractivity contribution in [3.05, 3.63) is 21.7 Å². The first-order chi connectivity index (χ1) is 8.20. The average molecular weight is 237 g/mol. The molecule has 5 heteroatoms. The molecule has 1 saturated heterocycles. The maximum Gasteiger partial charge on any atom is 0.256 e. The maximum absolute atomic E-state index is 11.8. The maximum atomic E-state index is 11.8. The summed E-state index contributed by atoms with van der Waals surface area (Å²) in [6.45, 7) is 2.82. The molecule has 0 aliphatic carbocycles. The van der Waals surface area contributed by atoms with Crippen LogP contribution in [0.1, 0.15) is 37.6 Å². The van der Waals surface area contributed by atoms with Crippen molar-refractivity contribution in [2.24, 2.45) is 0 Å². The van der Waals surface area contributed by atoms with Crippen LogP contribution in [0.25, 0.3) is 0 Å². The molecule has 1 aliphatic heterocycles. The van der Waals surface area contributed by atoms with Crippen molar-refractivity contribution in [2.75, 3.05) is 12.3 Å². The fourth-order valence-electron chi connectivity index (χ4n) is 2.17. The summed E-state index contributed by atoms with van der Waals surface area (Å²) in [5, 5.41) is 0. The summed E-state index contributed by atoms with van der Waals surface area (Å²) < 4.78 is 5.51. The van der Waals surface area contributed by atoms with E-state index in [-0.39, 0.29) is 11.7 Å². The van der Waals surface area contributed by atoms with E-state index < -0.39 is 0 Å². The van der Waals surface area contributed by atoms with Gasteiger partial charge in [0.1, 0.15) is 11.6 Å². The van der Waals surface area contributed by atoms with Crippen molar-refractivity contribution < 1.29 is 4.74 Å². The Bertz CT molecular complexity index is 436. The SMILES string of the molecule is CCCc1c(N)nc(CC2CCCO2)[nH]c1=O. The van der Waals surface area contributed by atoms with E-state index >= 15 is 0 Å². The number of nitrogen functional groups attached to an aromatic ring is 1. The smallest absolute Gasteiger partial charge is 0.256 e. The first kappa shape index (κ1) is 12.1. The summed E-state index contributed by atoms with van der Waals surface area (Å²) in [4.78, 5) is 18.9. The quantitative estimate of drug-likeness (QED) is 0.819. The molecule has 2 heterocycles. The second-order valence-electron chi connectivity index (χ2n) is 4.47. The first-order valence-electron chi connectivity index (χ1n) is 6.20. The van der Waals surface area contributed by atoms with E-state index in [1.54, 1.807) is 0 Å². The van der Waals surface area contributed by atoms with E-state index in [1.165, 1.54) is 0 Å². The Kier molecular flexibility index (Phi) is 3.78. The van der Waals surface area contributed by atoms with Crippen LogP contribution in [-0.2, 0) is 17.6 Å². The number of hydrogen-bond donors (Lipinski definition) is 2. The van der Waals surface area contributed by atoms with Crippen molar-refractivity contribution >= 4 is 5.82 Å². The van der Waals surface area contributed by atoms with Gasteiger partial charge in [-0.15, -0.1) is 0 Å². The lowest BCUT2D eigenvalue weighted by molar-refractivity contribution is 0.110. The molecule has 0 saturated carbocycles. The zero-order valence-corrected chi connectivity index (χ0v) is 10.2. The number of H-pyrrole nitrogens is 1. The summed E-state index contributed by atoms with van der Waals surface area (Å²) >= 11 is 0. The first-order valence-corrected chi connectivity index (χ1v) is 6.20. The second-order valence-corrected chi connectivity index (χ2v) is 4.47. The number of anilines is 1. The Morgan fingerprint density at radius 3 is 3.00 bits per heavy atom. The van der Waals surface area contributed by atoms with Crippen LogP contribution in [0.5, 0.6) is 0 Å². The van der Waals surface area contributed by atoms with Crippen molar-refractivity contribution in [1.82, 2.24) is 9.97 Å². The highest BCUT2D eigenvalue weighted by molar-refractivity contribution is 5.37. The van der Waals surface area contributed by atoms with Crippen molar-refractivity contribution in [1.29, 1.82) is 0 Å². The van der Waals surface area contributed by atoms with Gasteiger partial charge in [0.2, 0.25) is 0 Å². The largest absolute Gasteiger partial charge is 0.383 e. The lowest BCUT2D eigenvalue weighted by atomic mass is 10.1. The molecule has 0 spiro atoms. The summed E-state index contributed by atoms with van der Waals surface area (Å²) in [5.41, 5.74) is 6.31. The molecule has 0 radical (unpaired) electrons. The van der Waals surface area contributed by atoms with E-state index in [4.69, 9.17) is 10.5 Å². The van der Waals surface area contributed by atoms with Gasteiger partial charge in [-0.1, -0.05) is 13.3 Å². The van der Waals surface area contributed by atoms with Gasteiger partial charge in [-0.3, -0.25) is 4.79 Å². The lowest BCUT2D eigenvalue weighted by Gasteiger charge is -2.10. The molecule has 1 unspecified atom stereocenters. The molecule has 1 aliphatic rings. The number of rotatable bonds is 4. The molecule has 94 valence electrons. The van der Waals surface area contributed by atoms with E-state index in [9.17, 15) is 4.79 Å². The second kappa shape index (κ2) is 5.31. The Balaban J connectivity index is 2.16. The standard InChI is InChI=1S/C12H19N3O2/c1-2-4-9-11(13)14-10(15-12(9)16)7-8-5-3-6-17-8/h8H,2-7H2,1H3,(H3,13,14,15,16). The minimum atomic E-state index is -0.104. The number of hydrogen-bond acceptors (Lipinski definition) is 4. The summed E-state index contributed by atoms with van der Waals surface area (Å²) in [5.74, 6) is 1.00. The van der Waals surface area contributed by atoms with Crippen LogP contribution < -0.4 is 11.3 Å². The van der Waals surface area contributed by atoms with E-state index in [0.717, 1.165) is 25.9 Å². The molecular weight excluding hydrogens is 218 g/mol. The fraction of sp³-hybridized carbons (Fsp3) is 0.667. The van der Waals surface area contributed by atoms with Gasteiger partial charge in [0.15, 0.2) is 0 Å². The summed E-state index contributed by atoms with van der Waals surface area (Å²) in [6, 6.07) is 0.